The first-order chi connectivity index (χ1) is 11.1. The molecular weight excluding hydrogens is 286 g/mol. The number of rotatable bonds is 2. The van der Waals surface area contributed by atoms with Crippen LogP contribution in [-0.4, -0.2) is 12.2 Å². The second-order valence-corrected chi connectivity index (χ2v) is 6.05. The number of nitrogens with zero attached hydrogens (tertiary/aromatic N) is 1. The first kappa shape index (κ1) is 13.7. The average molecular weight is 301 g/mol. The lowest BCUT2D eigenvalue weighted by Gasteiger charge is -2.19. The Labute approximate surface area is 134 Å². The topological polar surface area (TPSA) is 37.4 Å². The number of amides is 1. The number of benzene rings is 3. The first-order valence-electron chi connectivity index (χ1n) is 7.53. The predicted molar refractivity (Wildman–Crippen MR) is 91.7 cm³/mol. The Morgan fingerprint density at radius 1 is 0.957 bits per heavy atom. The van der Waals surface area contributed by atoms with Crippen molar-refractivity contribution in [2.75, 3.05) is 4.90 Å². The van der Waals surface area contributed by atoms with Gasteiger partial charge < -0.3 is 0 Å². The lowest BCUT2D eigenvalue weighted by molar-refractivity contribution is 0.100. The summed E-state index contributed by atoms with van der Waals surface area (Å²) >= 11 is 0. The third-order valence-corrected chi connectivity index (χ3v) is 4.25. The van der Waals surface area contributed by atoms with Crippen LogP contribution in [0.5, 0.6) is 0 Å². The van der Waals surface area contributed by atoms with Crippen LogP contribution < -0.4 is 4.90 Å². The van der Waals surface area contributed by atoms with Crippen LogP contribution in [-0.2, 0) is 0 Å². The summed E-state index contributed by atoms with van der Waals surface area (Å²) in [6.07, 6.45) is 0.824. The fraction of sp³-hybridized carbons (Fsp3) is 0.100. The minimum Gasteiger partial charge on any atom is -0.298 e. The molecule has 3 aromatic rings. The van der Waals surface area contributed by atoms with Gasteiger partial charge in [-0.15, -0.1) is 0 Å². The molecule has 23 heavy (non-hydrogen) atoms. The van der Waals surface area contributed by atoms with Crippen LogP contribution in [0.3, 0.4) is 0 Å². The zero-order valence-corrected chi connectivity index (χ0v) is 13.0. The molecule has 0 radical (unpaired) electrons. The molecule has 112 valence electrons. The van der Waals surface area contributed by atoms with Gasteiger partial charge in [0.15, 0.2) is 0 Å². The van der Waals surface area contributed by atoms with Crippen molar-refractivity contribution in [1.82, 2.24) is 0 Å². The molecule has 3 heteroatoms. The Morgan fingerprint density at radius 3 is 2.39 bits per heavy atom. The minimum absolute atomic E-state index is 0.0429. The quantitative estimate of drug-likeness (QED) is 0.651. The standard InChI is InChI=1S/C20H15NO2/c1-12-6-13(2)8-16(7-12)21-18-10-14(11-22)9-15-4-3-5-17(19(15)18)20(21)23/h3-11H,1-2H3. The minimum atomic E-state index is -0.0429. The molecule has 0 fully saturated rings. The van der Waals surface area contributed by atoms with E-state index >= 15 is 0 Å². The molecule has 1 amide bonds. The first-order valence-corrected chi connectivity index (χ1v) is 7.53. The number of hydrogen-bond acceptors (Lipinski definition) is 2. The van der Waals surface area contributed by atoms with E-state index in [0.29, 0.717) is 11.1 Å². The van der Waals surface area contributed by atoms with E-state index in [2.05, 4.69) is 6.07 Å². The Kier molecular flexibility index (Phi) is 2.85. The molecule has 0 N–H and O–H groups in total. The van der Waals surface area contributed by atoms with Gasteiger partial charge in [-0.25, -0.2) is 0 Å². The Balaban J connectivity index is 2.04. The number of anilines is 2. The van der Waals surface area contributed by atoms with E-state index in [1.807, 2.05) is 50.2 Å². The van der Waals surface area contributed by atoms with Crippen LogP contribution in [0.1, 0.15) is 31.8 Å². The van der Waals surface area contributed by atoms with Crippen molar-refractivity contribution in [3.8, 4) is 0 Å². The largest absolute Gasteiger partial charge is 0.298 e. The molecule has 0 bridgehead atoms. The summed E-state index contributed by atoms with van der Waals surface area (Å²) < 4.78 is 0. The molecule has 3 aromatic carbocycles. The smallest absolute Gasteiger partial charge is 0.263 e. The van der Waals surface area contributed by atoms with Gasteiger partial charge in [-0.3, -0.25) is 14.5 Å². The molecular formula is C20H15NO2. The van der Waals surface area contributed by atoms with Gasteiger partial charge >= 0.3 is 0 Å². The molecule has 0 saturated carbocycles. The second-order valence-electron chi connectivity index (χ2n) is 6.05. The van der Waals surface area contributed by atoms with E-state index in [1.165, 1.54) is 0 Å². The van der Waals surface area contributed by atoms with Gasteiger partial charge in [0, 0.05) is 16.6 Å². The fourth-order valence-electron chi connectivity index (χ4n) is 3.42. The zero-order valence-electron chi connectivity index (χ0n) is 13.0. The lowest BCUT2D eigenvalue weighted by Crippen LogP contribution is -2.21. The summed E-state index contributed by atoms with van der Waals surface area (Å²) in [6, 6.07) is 15.3. The molecule has 0 unspecified atom stereocenters. The van der Waals surface area contributed by atoms with Crippen LogP contribution in [0.25, 0.3) is 10.8 Å². The molecule has 3 nitrogen and oxygen atoms in total. The molecule has 4 rings (SSSR count). The molecule has 1 aliphatic rings. The highest BCUT2D eigenvalue weighted by atomic mass is 16.2. The van der Waals surface area contributed by atoms with Gasteiger partial charge in [0.25, 0.3) is 5.91 Å². The summed E-state index contributed by atoms with van der Waals surface area (Å²) in [5.74, 6) is -0.0429. The summed E-state index contributed by atoms with van der Waals surface area (Å²) in [7, 11) is 0. The maximum absolute atomic E-state index is 12.9. The van der Waals surface area contributed by atoms with Crippen LogP contribution >= 0.6 is 0 Å². The predicted octanol–water partition coefficient (Wildman–Crippen LogP) is 4.56. The molecule has 0 aromatic heterocycles. The molecule has 0 aliphatic carbocycles. The van der Waals surface area contributed by atoms with Gasteiger partial charge in [-0.2, -0.15) is 0 Å². The summed E-state index contributed by atoms with van der Waals surface area (Å²) in [5.41, 5.74) is 5.10. The Hall–Kier alpha value is -2.94. The summed E-state index contributed by atoms with van der Waals surface area (Å²) in [5, 5.41) is 1.84. The third-order valence-electron chi connectivity index (χ3n) is 4.25. The monoisotopic (exact) mass is 301 g/mol. The van der Waals surface area contributed by atoms with E-state index in [0.717, 1.165) is 39.6 Å². The van der Waals surface area contributed by atoms with E-state index in [9.17, 15) is 9.59 Å². The van der Waals surface area contributed by atoms with Crippen LogP contribution in [0, 0.1) is 13.8 Å². The van der Waals surface area contributed by atoms with Crippen LogP contribution in [0.15, 0.2) is 48.5 Å². The number of carbonyl (C=O) groups is 2. The van der Waals surface area contributed by atoms with E-state index < -0.39 is 0 Å². The molecule has 0 atom stereocenters. The van der Waals surface area contributed by atoms with Gasteiger partial charge in [0.05, 0.1) is 11.3 Å². The normalized spacial score (nSPS) is 13.0. The zero-order chi connectivity index (χ0) is 16.1. The van der Waals surface area contributed by atoms with Crippen LogP contribution in [0.4, 0.5) is 11.4 Å². The average Bonchev–Trinajstić information content (AvgIpc) is 2.80. The van der Waals surface area contributed by atoms with Gasteiger partial charge in [0.2, 0.25) is 0 Å². The van der Waals surface area contributed by atoms with Crippen molar-refractivity contribution < 1.29 is 9.59 Å². The van der Waals surface area contributed by atoms with Crippen molar-refractivity contribution >= 4 is 34.3 Å². The van der Waals surface area contributed by atoms with Crippen molar-refractivity contribution in [2.45, 2.75) is 13.8 Å². The SMILES string of the molecule is Cc1cc(C)cc(N2C(=O)c3cccc4cc(C=O)cc2c34)c1. The van der Waals surface area contributed by atoms with E-state index in [4.69, 9.17) is 0 Å². The second kappa shape index (κ2) is 4.78. The Morgan fingerprint density at radius 2 is 1.70 bits per heavy atom. The van der Waals surface area contributed by atoms with Gasteiger partial charge in [0.1, 0.15) is 6.29 Å². The number of hydrogen-bond donors (Lipinski definition) is 0. The van der Waals surface area contributed by atoms with Crippen molar-refractivity contribution in [3.63, 3.8) is 0 Å². The Bertz CT molecular complexity index is 968. The fourth-order valence-corrected chi connectivity index (χ4v) is 3.42. The summed E-state index contributed by atoms with van der Waals surface area (Å²) in [4.78, 5) is 25.9. The molecule has 1 heterocycles. The lowest BCUT2D eigenvalue weighted by atomic mass is 10.0. The maximum Gasteiger partial charge on any atom is 0.263 e. The van der Waals surface area contributed by atoms with Gasteiger partial charge in [-0.1, -0.05) is 18.2 Å². The highest BCUT2D eigenvalue weighted by molar-refractivity contribution is 6.28. The highest BCUT2D eigenvalue weighted by Crippen LogP contribution is 2.42. The highest BCUT2D eigenvalue weighted by Gasteiger charge is 2.31. The molecule has 1 aliphatic heterocycles. The maximum atomic E-state index is 12.9. The molecule has 0 saturated heterocycles. The molecule has 0 spiro atoms. The van der Waals surface area contributed by atoms with Gasteiger partial charge in [-0.05, 0) is 60.7 Å². The number of aryl methyl sites for hydroxylation is 2. The van der Waals surface area contributed by atoms with Crippen molar-refractivity contribution in [2.24, 2.45) is 0 Å². The summed E-state index contributed by atoms with van der Waals surface area (Å²) in [6.45, 7) is 4.03. The number of aldehydes is 1. The number of carbonyl (C=O) groups excluding carboxylic acids is 2. The van der Waals surface area contributed by atoms with E-state index in [-0.39, 0.29) is 5.91 Å². The van der Waals surface area contributed by atoms with Crippen molar-refractivity contribution in [1.29, 1.82) is 0 Å². The third kappa shape index (κ3) is 1.97. The van der Waals surface area contributed by atoms with Crippen molar-refractivity contribution in [3.05, 3.63) is 70.8 Å². The van der Waals surface area contributed by atoms with E-state index in [1.54, 1.807) is 11.0 Å². The van der Waals surface area contributed by atoms with Crippen LogP contribution in [0.2, 0.25) is 0 Å².